The maximum absolute atomic E-state index is 12.1. The van der Waals surface area contributed by atoms with Gasteiger partial charge in [-0.05, 0) is 19.4 Å². The first kappa shape index (κ1) is 15.2. The maximum atomic E-state index is 12.1. The van der Waals surface area contributed by atoms with Gasteiger partial charge in [0.15, 0.2) is 5.82 Å². The molecular weight excluding hydrogens is 270 g/mol. The molecule has 0 bridgehead atoms. The number of esters is 1. The van der Waals surface area contributed by atoms with E-state index in [0.29, 0.717) is 31.3 Å². The van der Waals surface area contributed by atoms with Crippen molar-refractivity contribution in [3.05, 3.63) is 47.6 Å². The lowest BCUT2D eigenvalue weighted by Crippen LogP contribution is -2.31. The van der Waals surface area contributed by atoms with Crippen molar-refractivity contribution in [1.82, 2.24) is 15.5 Å². The van der Waals surface area contributed by atoms with Crippen molar-refractivity contribution in [3.63, 3.8) is 0 Å². The molecule has 1 aromatic carbocycles. The minimum Gasteiger partial charge on any atom is -0.465 e. The molecule has 6 nitrogen and oxygen atoms in total. The van der Waals surface area contributed by atoms with Crippen LogP contribution < -0.4 is 5.32 Å². The van der Waals surface area contributed by atoms with Gasteiger partial charge in [-0.1, -0.05) is 35.5 Å². The SMILES string of the molecule is CCOC(=O)C(NCCc1nc(C)no1)c1ccccc1. The van der Waals surface area contributed by atoms with Gasteiger partial charge in [-0.15, -0.1) is 0 Å². The maximum Gasteiger partial charge on any atom is 0.327 e. The number of rotatable bonds is 7. The summed E-state index contributed by atoms with van der Waals surface area (Å²) >= 11 is 0. The molecule has 1 N–H and O–H groups in total. The highest BCUT2D eigenvalue weighted by atomic mass is 16.5. The fourth-order valence-electron chi connectivity index (χ4n) is 1.97. The number of carbonyl (C=O) groups excluding carboxylic acids is 1. The topological polar surface area (TPSA) is 77.2 Å². The predicted molar refractivity (Wildman–Crippen MR) is 76.6 cm³/mol. The van der Waals surface area contributed by atoms with E-state index in [1.54, 1.807) is 13.8 Å². The van der Waals surface area contributed by atoms with Gasteiger partial charge in [0.1, 0.15) is 6.04 Å². The number of hydrogen-bond acceptors (Lipinski definition) is 6. The summed E-state index contributed by atoms with van der Waals surface area (Å²) in [4.78, 5) is 16.2. The summed E-state index contributed by atoms with van der Waals surface area (Å²) in [5.74, 6) is 0.871. The molecule has 0 spiro atoms. The first-order valence-electron chi connectivity index (χ1n) is 6.95. The zero-order chi connectivity index (χ0) is 15.1. The van der Waals surface area contributed by atoms with Crippen molar-refractivity contribution >= 4 is 5.97 Å². The summed E-state index contributed by atoms with van der Waals surface area (Å²) in [5.41, 5.74) is 0.873. The van der Waals surface area contributed by atoms with E-state index in [1.165, 1.54) is 0 Å². The fourth-order valence-corrected chi connectivity index (χ4v) is 1.97. The highest BCUT2D eigenvalue weighted by molar-refractivity contribution is 5.77. The molecule has 0 aliphatic heterocycles. The van der Waals surface area contributed by atoms with Gasteiger partial charge in [0.25, 0.3) is 0 Å². The molecule has 6 heteroatoms. The number of hydrogen-bond donors (Lipinski definition) is 1. The third kappa shape index (κ3) is 4.39. The molecule has 1 aromatic heterocycles. The Morgan fingerprint density at radius 2 is 2.14 bits per heavy atom. The summed E-state index contributed by atoms with van der Waals surface area (Å²) < 4.78 is 10.2. The van der Waals surface area contributed by atoms with Gasteiger partial charge in [-0.25, -0.2) is 4.79 Å². The van der Waals surface area contributed by atoms with Crippen LogP contribution in [0.15, 0.2) is 34.9 Å². The van der Waals surface area contributed by atoms with Crippen LogP contribution in [-0.4, -0.2) is 29.3 Å². The summed E-state index contributed by atoms with van der Waals surface area (Å²) in [6.07, 6.45) is 0.559. The Bertz CT molecular complexity index is 569. The van der Waals surface area contributed by atoms with E-state index in [9.17, 15) is 4.79 Å². The van der Waals surface area contributed by atoms with E-state index in [1.807, 2.05) is 30.3 Å². The lowest BCUT2D eigenvalue weighted by Gasteiger charge is -2.17. The van der Waals surface area contributed by atoms with Crippen LogP contribution in [0.4, 0.5) is 0 Å². The molecule has 1 heterocycles. The second-order valence-corrected chi connectivity index (χ2v) is 4.54. The third-order valence-electron chi connectivity index (χ3n) is 2.91. The third-order valence-corrected chi connectivity index (χ3v) is 2.91. The summed E-state index contributed by atoms with van der Waals surface area (Å²) in [5, 5.41) is 6.91. The van der Waals surface area contributed by atoms with Crippen LogP contribution in [0.25, 0.3) is 0 Å². The van der Waals surface area contributed by atoms with E-state index in [0.717, 1.165) is 5.56 Å². The Morgan fingerprint density at radius 3 is 2.76 bits per heavy atom. The van der Waals surface area contributed by atoms with Crippen molar-refractivity contribution in [2.75, 3.05) is 13.2 Å². The summed E-state index contributed by atoms with van der Waals surface area (Å²) in [6.45, 7) is 4.46. The lowest BCUT2D eigenvalue weighted by atomic mass is 10.1. The number of benzene rings is 1. The summed E-state index contributed by atoms with van der Waals surface area (Å²) in [6, 6.07) is 8.99. The standard InChI is InChI=1S/C15H19N3O3/c1-3-20-15(19)14(12-7-5-4-6-8-12)16-10-9-13-17-11(2)18-21-13/h4-8,14,16H,3,9-10H2,1-2H3. The first-order chi connectivity index (χ1) is 10.2. The molecule has 0 aliphatic rings. The second-order valence-electron chi connectivity index (χ2n) is 4.54. The number of aryl methyl sites for hydroxylation is 1. The molecule has 2 rings (SSSR count). The van der Waals surface area contributed by atoms with Crippen molar-refractivity contribution in [3.8, 4) is 0 Å². The average Bonchev–Trinajstić information content (AvgIpc) is 2.90. The van der Waals surface area contributed by atoms with E-state index in [2.05, 4.69) is 15.5 Å². The van der Waals surface area contributed by atoms with Crippen molar-refractivity contribution in [2.45, 2.75) is 26.3 Å². The van der Waals surface area contributed by atoms with Crippen molar-refractivity contribution in [2.24, 2.45) is 0 Å². The van der Waals surface area contributed by atoms with Gasteiger partial charge in [0, 0.05) is 13.0 Å². The second kappa shape index (κ2) is 7.54. The van der Waals surface area contributed by atoms with Crippen LogP contribution in [0.1, 0.15) is 30.2 Å². The van der Waals surface area contributed by atoms with Crippen LogP contribution in [0, 0.1) is 6.92 Å². The molecule has 2 aromatic rings. The molecule has 0 aliphatic carbocycles. The van der Waals surface area contributed by atoms with E-state index in [4.69, 9.17) is 9.26 Å². The van der Waals surface area contributed by atoms with Gasteiger partial charge < -0.3 is 14.6 Å². The normalized spacial score (nSPS) is 12.1. The minimum absolute atomic E-state index is 0.287. The van der Waals surface area contributed by atoms with Crippen LogP contribution in [0.2, 0.25) is 0 Å². The van der Waals surface area contributed by atoms with E-state index in [-0.39, 0.29) is 5.97 Å². The molecule has 0 saturated carbocycles. The monoisotopic (exact) mass is 289 g/mol. The lowest BCUT2D eigenvalue weighted by molar-refractivity contribution is -0.145. The predicted octanol–water partition coefficient (Wildman–Crippen LogP) is 1.81. The van der Waals surface area contributed by atoms with Crippen molar-refractivity contribution < 1.29 is 14.1 Å². The Kier molecular flexibility index (Phi) is 5.45. The molecular formula is C15H19N3O3. The zero-order valence-electron chi connectivity index (χ0n) is 12.2. The molecule has 0 radical (unpaired) electrons. The zero-order valence-corrected chi connectivity index (χ0v) is 12.2. The van der Waals surface area contributed by atoms with Crippen LogP contribution in [0.3, 0.4) is 0 Å². The number of aromatic nitrogens is 2. The quantitative estimate of drug-likeness (QED) is 0.783. The Hall–Kier alpha value is -2.21. The van der Waals surface area contributed by atoms with Gasteiger partial charge in [-0.3, -0.25) is 0 Å². The van der Waals surface area contributed by atoms with E-state index < -0.39 is 6.04 Å². The summed E-state index contributed by atoms with van der Waals surface area (Å²) in [7, 11) is 0. The molecule has 112 valence electrons. The molecule has 21 heavy (non-hydrogen) atoms. The Balaban J connectivity index is 1.97. The fraction of sp³-hybridized carbons (Fsp3) is 0.400. The van der Waals surface area contributed by atoms with Crippen molar-refractivity contribution in [1.29, 1.82) is 0 Å². The molecule has 1 unspecified atom stereocenters. The smallest absolute Gasteiger partial charge is 0.327 e. The van der Waals surface area contributed by atoms with Crippen LogP contribution in [0.5, 0.6) is 0 Å². The van der Waals surface area contributed by atoms with Crippen LogP contribution in [-0.2, 0) is 16.0 Å². The highest BCUT2D eigenvalue weighted by Crippen LogP contribution is 2.14. The van der Waals surface area contributed by atoms with Gasteiger partial charge in [0.05, 0.1) is 6.61 Å². The number of nitrogens with one attached hydrogen (secondary N) is 1. The minimum atomic E-state index is -0.491. The van der Waals surface area contributed by atoms with E-state index >= 15 is 0 Å². The Labute approximate surface area is 123 Å². The molecule has 1 atom stereocenters. The van der Waals surface area contributed by atoms with Gasteiger partial charge in [-0.2, -0.15) is 4.98 Å². The highest BCUT2D eigenvalue weighted by Gasteiger charge is 2.21. The number of carbonyl (C=O) groups is 1. The molecule has 0 fully saturated rings. The molecule has 0 saturated heterocycles. The number of nitrogens with zero attached hydrogens (tertiary/aromatic N) is 2. The first-order valence-corrected chi connectivity index (χ1v) is 6.95. The molecule has 0 amide bonds. The average molecular weight is 289 g/mol. The van der Waals surface area contributed by atoms with Gasteiger partial charge in [0.2, 0.25) is 5.89 Å². The number of ether oxygens (including phenoxy) is 1. The largest absolute Gasteiger partial charge is 0.465 e. The van der Waals surface area contributed by atoms with Crippen LogP contribution >= 0.6 is 0 Å². The van der Waals surface area contributed by atoms with Gasteiger partial charge >= 0.3 is 5.97 Å². The Morgan fingerprint density at radius 1 is 1.38 bits per heavy atom.